The summed E-state index contributed by atoms with van der Waals surface area (Å²) in [6.07, 6.45) is 1.79. The summed E-state index contributed by atoms with van der Waals surface area (Å²) in [4.78, 5) is 16.9. The first kappa shape index (κ1) is 16.3. The molecule has 128 valence electrons. The third-order valence-corrected chi connectivity index (χ3v) is 4.78. The van der Waals surface area contributed by atoms with Gasteiger partial charge in [-0.25, -0.2) is 0 Å². The predicted molar refractivity (Wildman–Crippen MR) is 106 cm³/mol. The zero-order valence-electron chi connectivity index (χ0n) is 14.4. The van der Waals surface area contributed by atoms with Crippen LogP contribution in [0.4, 0.5) is 5.69 Å². The number of fused-ring (bicyclic) bond motifs is 1. The minimum atomic E-state index is -0.307. The van der Waals surface area contributed by atoms with E-state index in [2.05, 4.69) is 58.8 Å². The van der Waals surface area contributed by atoms with Crippen LogP contribution in [0.15, 0.2) is 89.9 Å². The van der Waals surface area contributed by atoms with Gasteiger partial charge in [0.1, 0.15) is 5.92 Å². The second-order valence-electron chi connectivity index (χ2n) is 6.44. The van der Waals surface area contributed by atoms with Crippen molar-refractivity contribution in [3.8, 4) is 0 Å². The van der Waals surface area contributed by atoms with Gasteiger partial charge in [0.25, 0.3) is 0 Å². The highest BCUT2D eigenvalue weighted by molar-refractivity contribution is 6.12. The number of nitrogens with one attached hydrogen (secondary N) is 1. The third kappa shape index (κ3) is 3.29. The number of anilines is 1. The maximum absolute atomic E-state index is 12.2. The number of benzene rings is 3. The van der Waals surface area contributed by atoms with Crippen LogP contribution in [0.25, 0.3) is 0 Å². The van der Waals surface area contributed by atoms with E-state index < -0.39 is 0 Å². The van der Waals surface area contributed by atoms with Crippen LogP contribution in [0.2, 0.25) is 0 Å². The van der Waals surface area contributed by atoms with Crippen LogP contribution in [0.3, 0.4) is 0 Å². The zero-order valence-corrected chi connectivity index (χ0v) is 14.4. The van der Waals surface area contributed by atoms with Gasteiger partial charge in [-0.05, 0) is 22.8 Å². The first-order valence-corrected chi connectivity index (χ1v) is 8.82. The van der Waals surface area contributed by atoms with E-state index in [0.717, 1.165) is 11.3 Å². The fraction of sp³-hybridized carbons (Fsp3) is 0.130. The van der Waals surface area contributed by atoms with Crippen molar-refractivity contribution in [3.63, 3.8) is 0 Å². The molecule has 26 heavy (non-hydrogen) atoms. The maximum Gasteiger partial charge on any atom is 0.237 e. The standard InChI is InChI=1S/C23H20N2O/c26-23-21(19-13-7-8-14-22(19)25-23)16-24-15-20(17-9-3-1-4-10-17)18-11-5-2-6-12-18/h1-14,16,20-21H,15H2,(H,25,26). The van der Waals surface area contributed by atoms with Crippen LogP contribution in [0.5, 0.6) is 0 Å². The van der Waals surface area contributed by atoms with E-state index >= 15 is 0 Å². The Morgan fingerprint density at radius 3 is 2.08 bits per heavy atom. The number of rotatable bonds is 5. The molecule has 0 saturated carbocycles. The zero-order chi connectivity index (χ0) is 17.8. The minimum Gasteiger partial charge on any atom is -0.325 e. The summed E-state index contributed by atoms with van der Waals surface area (Å²) in [5.41, 5.74) is 4.34. The number of carbonyl (C=O) groups is 1. The van der Waals surface area contributed by atoms with E-state index in [-0.39, 0.29) is 17.7 Å². The van der Waals surface area contributed by atoms with Crippen molar-refractivity contribution in [3.05, 3.63) is 102 Å². The van der Waals surface area contributed by atoms with Crippen LogP contribution in [0, 0.1) is 0 Å². The summed E-state index contributed by atoms with van der Waals surface area (Å²) < 4.78 is 0. The first-order chi connectivity index (χ1) is 12.8. The largest absolute Gasteiger partial charge is 0.325 e. The van der Waals surface area contributed by atoms with Crippen molar-refractivity contribution in [1.29, 1.82) is 0 Å². The lowest BCUT2D eigenvalue weighted by Crippen LogP contribution is -2.14. The predicted octanol–water partition coefficient (Wildman–Crippen LogP) is 4.63. The second-order valence-corrected chi connectivity index (χ2v) is 6.44. The quantitative estimate of drug-likeness (QED) is 0.676. The molecule has 1 amide bonds. The summed E-state index contributed by atoms with van der Waals surface area (Å²) in [6, 6.07) is 28.6. The van der Waals surface area contributed by atoms with Crippen LogP contribution in [-0.2, 0) is 4.79 Å². The molecule has 0 spiro atoms. The minimum absolute atomic E-state index is 0.00841. The lowest BCUT2D eigenvalue weighted by atomic mass is 9.91. The van der Waals surface area contributed by atoms with Gasteiger partial charge in [-0.3, -0.25) is 9.79 Å². The highest BCUT2D eigenvalue weighted by Crippen LogP contribution is 2.31. The van der Waals surface area contributed by atoms with Crippen molar-refractivity contribution in [2.75, 3.05) is 11.9 Å². The van der Waals surface area contributed by atoms with Gasteiger partial charge in [-0.15, -0.1) is 0 Å². The van der Waals surface area contributed by atoms with Crippen LogP contribution < -0.4 is 5.32 Å². The average molecular weight is 340 g/mol. The fourth-order valence-electron chi connectivity index (χ4n) is 3.43. The summed E-state index contributed by atoms with van der Waals surface area (Å²) >= 11 is 0. The number of carbonyl (C=O) groups excluding carboxylic acids is 1. The van der Waals surface area contributed by atoms with E-state index in [1.165, 1.54) is 11.1 Å². The van der Waals surface area contributed by atoms with Gasteiger partial charge in [0.05, 0.1) is 0 Å². The smallest absolute Gasteiger partial charge is 0.237 e. The van der Waals surface area contributed by atoms with Crippen LogP contribution in [0.1, 0.15) is 28.5 Å². The number of hydrogen-bond donors (Lipinski definition) is 1. The average Bonchev–Trinajstić information content (AvgIpc) is 3.02. The molecule has 1 atom stereocenters. The molecular formula is C23H20N2O. The van der Waals surface area contributed by atoms with E-state index in [4.69, 9.17) is 0 Å². The van der Waals surface area contributed by atoms with E-state index in [1.54, 1.807) is 6.21 Å². The number of aliphatic imine (C=N–C) groups is 1. The molecule has 3 aromatic carbocycles. The van der Waals surface area contributed by atoms with Crippen molar-refractivity contribution in [2.45, 2.75) is 11.8 Å². The number of nitrogens with zero attached hydrogens (tertiary/aromatic N) is 1. The van der Waals surface area contributed by atoms with Crippen molar-refractivity contribution in [2.24, 2.45) is 4.99 Å². The number of hydrogen-bond acceptors (Lipinski definition) is 2. The van der Waals surface area contributed by atoms with Gasteiger partial charge in [0.2, 0.25) is 5.91 Å². The highest BCUT2D eigenvalue weighted by Gasteiger charge is 2.28. The Hall–Kier alpha value is -3.20. The molecule has 3 aromatic rings. The van der Waals surface area contributed by atoms with E-state index in [0.29, 0.717) is 6.54 Å². The summed E-state index contributed by atoms with van der Waals surface area (Å²) in [6.45, 7) is 0.611. The molecule has 1 aliphatic rings. The molecule has 4 rings (SSSR count). The lowest BCUT2D eigenvalue weighted by Gasteiger charge is -2.16. The molecule has 0 aliphatic carbocycles. The molecule has 0 bridgehead atoms. The van der Waals surface area contributed by atoms with Crippen LogP contribution in [-0.4, -0.2) is 18.7 Å². The Balaban J connectivity index is 1.58. The summed E-state index contributed by atoms with van der Waals surface area (Å²) in [7, 11) is 0. The number of amides is 1. The van der Waals surface area contributed by atoms with Crippen molar-refractivity contribution in [1.82, 2.24) is 0 Å². The number of para-hydroxylation sites is 1. The van der Waals surface area contributed by atoms with Gasteiger partial charge in [-0.1, -0.05) is 78.9 Å². The molecule has 0 fully saturated rings. The lowest BCUT2D eigenvalue weighted by molar-refractivity contribution is -0.115. The normalized spacial score (nSPS) is 16.0. The Morgan fingerprint density at radius 1 is 0.846 bits per heavy atom. The molecule has 1 N–H and O–H groups in total. The Bertz CT molecular complexity index is 880. The Labute approximate surface area is 153 Å². The summed E-state index contributed by atoms with van der Waals surface area (Å²) in [5, 5.41) is 2.92. The molecule has 1 unspecified atom stereocenters. The molecule has 3 nitrogen and oxygen atoms in total. The van der Waals surface area contributed by atoms with Crippen molar-refractivity contribution < 1.29 is 4.79 Å². The maximum atomic E-state index is 12.2. The van der Waals surface area contributed by atoms with Crippen LogP contribution >= 0.6 is 0 Å². The fourth-order valence-corrected chi connectivity index (χ4v) is 3.43. The summed E-state index contributed by atoms with van der Waals surface area (Å²) in [5.74, 6) is -0.141. The second kappa shape index (κ2) is 7.36. The topological polar surface area (TPSA) is 41.5 Å². The Kier molecular flexibility index (Phi) is 4.61. The van der Waals surface area contributed by atoms with Gasteiger partial charge in [-0.2, -0.15) is 0 Å². The molecular weight excluding hydrogens is 320 g/mol. The van der Waals surface area contributed by atoms with Gasteiger partial charge in [0.15, 0.2) is 0 Å². The molecule has 0 radical (unpaired) electrons. The SMILES string of the molecule is O=C1Nc2ccccc2C1C=NCC(c1ccccc1)c1ccccc1. The Morgan fingerprint density at radius 2 is 1.42 bits per heavy atom. The molecule has 3 heteroatoms. The van der Waals surface area contributed by atoms with Crippen molar-refractivity contribution >= 4 is 17.8 Å². The van der Waals surface area contributed by atoms with Gasteiger partial charge >= 0.3 is 0 Å². The van der Waals surface area contributed by atoms with E-state index in [9.17, 15) is 4.79 Å². The van der Waals surface area contributed by atoms with Gasteiger partial charge in [0, 0.05) is 24.4 Å². The molecule has 0 saturated heterocycles. The molecule has 1 heterocycles. The van der Waals surface area contributed by atoms with Gasteiger partial charge < -0.3 is 5.32 Å². The third-order valence-electron chi connectivity index (χ3n) is 4.78. The van der Waals surface area contributed by atoms with E-state index in [1.807, 2.05) is 36.4 Å². The molecule has 0 aromatic heterocycles. The highest BCUT2D eigenvalue weighted by atomic mass is 16.2. The molecule has 1 aliphatic heterocycles. The monoisotopic (exact) mass is 340 g/mol. The first-order valence-electron chi connectivity index (χ1n) is 8.82.